The number of hydrogen-bond acceptors (Lipinski definition) is 7. The van der Waals surface area contributed by atoms with Gasteiger partial charge in [-0.05, 0) is 25.1 Å². The number of carbonyl (C=O) groups is 1. The van der Waals surface area contributed by atoms with Crippen molar-refractivity contribution in [3.05, 3.63) is 52.6 Å². The van der Waals surface area contributed by atoms with Gasteiger partial charge in [0.25, 0.3) is 11.6 Å². The molecule has 26 heavy (non-hydrogen) atoms. The molecule has 0 radical (unpaired) electrons. The third-order valence-corrected chi connectivity index (χ3v) is 4.47. The number of thiazole rings is 1. The molecule has 0 saturated carbocycles. The van der Waals surface area contributed by atoms with Gasteiger partial charge < -0.3 is 9.47 Å². The lowest BCUT2D eigenvalue weighted by molar-refractivity contribution is -0.384. The average Bonchev–Trinajstić information content (AvgIpc) is 3.03. The number of nitro benzene ring substituents is 1. The maximum absolute atomic E-state index is 12.3. The van der Waals surface area contributed by atoms with Crippen LogP contribution < -0.4 is 14.8 Å². The molecule has 0 saturated heterocycles. The normalized spacial score (nSPS) is 11.8. The van der Waals surface area contributed by atoms with Gasteiger partial charge in [-0.1, -0.05) is 17.4 Å². The SMILES string of the molecule is COc1cccc(OC(C)C(=O)Nc2nc3ccc([N+](=O)[O-])cc3s2)c1. The van der Waals surface area contributed by atoms with Crippen molar-refractivity contribution in [2.24, 2.45) is 0 Å². The molecule has 134 valence electrons. The van der Waals surface area contributed by atoms with Crippen molar-refractivity contribution in [3.8, 4) is 11.5 Å². The molecule has 1 unspecified atom stereocenters. The van der Waals surface area contributed by atoms with E-state index in [0.717, 1.165) is 11.3 Å². The molecule has 1 N–H and O–H groups in total. The molecule has 2 aromatic carbocycles. The van der Waals surface area contributed by atoms with Crippen LogP contribution in [-0.4, -0.2) is 29.0 Å². The first-order chi connectivity index (χ1) is 12.5. The van der Waals surface area contributed by atoms with Crippen LogP contribution in [0.3, 0.4) is 0 Å². The third-order valence-electron chi connectivity index (χ3n) is 3.54. The van der Waals surface area contributed by atoms with Crippen LogP contribution in [0.1, 0.15) is 6.92 Å². The molecule has 1 amide bonds. The number of nitrogens with zero attached hydrogens (tertiary/aromatic N) is 2. The highest BCUT2D eigenvalue weighted by Crippen LogP contribution is 2.29. The molecular formula is C17H15N3O5S. The second kappa shape index (κ2) is 7.36. The fourth-order valence-corrected chi connectivity index (χ4v) is 3.12. The molecule has 1 heterocycles. The Morgan fingerprint density at radius 1 is 1.27 bits per heavy atom. The highest BCUT2D eigenvalue weighted by atomic mass is 32.1. The molecule has 9 heteroatoms. The number of fused-ring (bicyclic) bond motifs is 1. The molecule has 0 spiro atoms. The Labute approximate surface area is 152 Å². The largest absolute Gasteiger partial charge is 0.497 e. The van der Waals surface area contributed by atoms with E-state index in [4.69, 9.17) is 9.47 Å². The summed E-state index contributed by atoms with van der Waals surface area (Å²) in [5.74, 6) is 0.760. The highest BCUT2D eigenvalue weighted by molar-refractivity contribution is 7.22. The lowest BCUT2D eigenvalue weighted by Gasteiger charge is -2.14. The number of aromatic nitrogens is 1. The summed E-state index contributed by atoms with van der Waals surface area (Å²) in [6.07, 6.45) is -0.761. The standard InChI is InChI=1S/C17H15N3O5S/c1-10(25-13-5-3-4-12(9-13)24-2)16(21)19-17-18-14-7-6-11(20(22)23)8-15(14)26-17/h3-10H,1-2H3,(H,18,19,21). The summed E-state index contributed by atoms with van der Waals surface area (Å²) >= 11 is 1.16. The topological polar surface area (TPSA) is 104 Å². The van der Waals surface area contributed by atoms with E-state index in [2.05, 4.69) is 10.3 Å². The Hall–Kier alpha value is -3.20. The number of non-ortho nitro benzene ring substituents is 1. The maximum atomic E-state index is 12.3. The number of anilines is 1. The number of hydrogen-bond donors (Lipinski definition) is 1. The first-order valence-electron chi connectivity index (χ1n) is 7.63. The van der Waals surface area contributed by atoms with Gasteiger partial charge in [-0.2, -0.15) is 0 Å². The maximum Gasteiger partial charge on any atom is 0.270 e. The summed E-state index contributed by atoms with van der Waals surface area (Å²) in [5, 5.41) is 13.9. The monoisotopic (exact) mass is 373 g/mol. The van der Waals surface area contributed by atoms with E-state index in [1.165, 1.54) is 12.1 Å². The summed E-state index contributed by atoms with van der Waals surface area (Å²) in [7, 11) is 1.55. The van der Waals surface area contributed by atoms with Crippen molar-refractivity contribution >= 4 is 38.3 Å². The van der Waals surface area contributed by atoms with E-state index in [0.29, 0.717) is 26.8 Å². The first kappa shape index (κ1) is 17.6. The fourth-order valence-electron chi connectivity index (χ4n) is 2.22. The predicted octanol–water partition coefficient (Wildman–Crippen LogP) is 3.62. The minimum atomic E-state index is -0.761. The third kappa shape index (κ3) is 3.89. The minimum absolute atomic E-state index is 0.0197. The van der Waals surface area contributed by atoms with Crippen LogP contribution in [0.15, 0.2) is 42.5 Å². The number of rotatable bonds is 6. The van der Waals surface area contributed by atoms with Crippen LogP contribution in [-0.2, 0) is 4.79 Å². The molecular weight excluding hydrogens is 358 g/mol. The quantitative estimate of drug-likeness (QED) is 0.523. The van der Waals surface area contributed by atoms with E-state index in [9.17, 15) is 14.9 Å². The number of benzene rings is 2. The van der Waals surface area contributed by atoms with E-state index in [1.807, 2.05) is 0 Å². The number of methoxy groups -OCH3 is 1. The molecule has 0 aliphatic heterocycles. The zero-order valence-corrected chi connectivity index (χ0v) is 14.8. The number of nitro groups is 1. The van der Waals surface area contributed by atoms with Gasteiger partial charge in [0.15, 0.2) is 11.2 Å². The zero-order valence-electron chi connectivity index (χ0n) is 14.0. The van der Waals surface area contributed by atoms with Gasteiger partial charge in [-0.25, -0.2) is 4.98 Å². The first-order valence-corrected chi connectivity index (χ1v) is 8.44. The number of nitrogens with one attached hydrogen (secondary N) is 1. The van der Waals surface area contributed by atoms with Gasteiger partial charge in [0.2, 0.25) is 0 Å². The van der Waals surface area contributed by atoms with Gasteiger partial charge >= 0.3 is 0 Å². The Kier molecular flexibility index (Phi) is 4.99. The molecule has 0 fully saturated rings. The zero-order chi connectivity index (χ0) is 18.7. The van der Waals surface area contributed by atoms with Gasteiger partial charge in [0, 0.05) is 18.2 Å². The molecule has 0 aliphatic rings. The number of ether oxygens (including phenoxy) is 2. The van der Waals surface area contributed by atoms with Crippen molar-refractivity contribution in [3.63, 3.8) is 0 Å². The van der Waals surface area contributed by atoms with Crippen molar-refractivity contribution in [1.82, 2.24) is 4.98 Å². The van der Waals surface area contributed by atoms with Crippen molar-refractivity contribution in [2.45, 2.75) is 13.0 Å². The molecule has 3 rings (SSSR count). The van der Waals surface area contributed by atoms with E-state index < -0.39 is 11.0 Å². The second-order valence-electron chi connectivity index (χ2n) is 5.36. The smallest absolute Gasteiger partial charge is 0.270 e. The van der Waals surface area contributed by atoms with Gasteiger partial charge in [0.05, 0.1) is 22.2 Å². The summed E-state index contributed by atoms with van der Waals surface area (Å²) < 4.78 is 11.3. The lowest BCUT2D eigenvalue weighted by Crippen LogP contribution is -2.30. The number of carbonyl (C=O) groups excluding carboxylic acids is 1. The summed E-state index contributed by atoms with van der Waals surface area (Å²) in [6.45, 7) is 1.62. The number of amides is 1. The molecule has 8 nitrogen and oxygen atoms in total. The van der Waals surface area contributed by atoms with Crippen molar-refractivity contribution < 1.29 is 19.2 Å². The lowest BCUT2D eigenvalue weighted by atomic mass is 10.3. The Balaban J connectivity index is 1.70. The van der Waals surface area contributed by atoms with Gasteiger partial charge in [-0.15, -0.1) is 0 Å². The fraction of sp³-hybridized carbons (Fsp3) is 0.176. The Morgan fingerprint density at radius 2 is 2.04 bits per heavy atom. The predicted molar refractivity (Wildman–Crippen MR) is 98.0 cm³/mol. The van der Waals surface area contributed by atoms with Gasteiger partial charge in [-0.3, -0.25) is 20.2 Å². The van der Waals surface area contributed by atoms with E-state index in [-0.39, 0.29) is 11.6 Å². The second-order valence-corrected chi connectivity index (χ2v) is 6.39. The Bertz CT molecular complexity index is 972. The van der Waals surface area contributed by atoms with Crippen LogP contribution in [0.2, 0.25) is 0 Å². The van der Waals surface area contributed by atoms with E-state index in [1.54, 1.807) is 44.4 Å². The van der Waals surface area contributed by atoms with Crippen molar-refractivity contribution in [2.75, 3.05) is 12.4 Å². The van der Waals surface area contributed by atoms with Crippen LogP contribution >= 0.6 is 11.3 Å². The molecule has 3 aromatic rings. The molecule has 0 aliphatic carbocycles. The average molecular weight is 373 g/mol. The molecule has 0 bridgehead atoms. The van der Waals surface area contributed by atoms with E-state index >= 15 is 0 Å². The van der Waals surface area contributed by atoms with Crippen LogP contribution in [0.4, 0.5) is 10.8 Å². The minimum Gasteiger partial charge on any atom is -0.497 e. The summed E-state index contributed by atoms with van der Waals surface area (Å²) in [4.78, 5) is 26.9. The van der Waals surface area contributed by atoms with Gasteiger partial charge in [0.1, 0.15) is 11.5 Å². The highest BCUT2D eigenvalue weighted by Gasteiger charge is 2.18. The molecule has 1 atom stereocenters. The summed E-state index contributed by atoms with van der Waals surface area (Å²) in [5.41, 5.74) is 0.561. The summed E-state index contributed by atoms with van der Waals surface area (Å²) in [6, 6.07) is 11.3. The van der Waals surface area contributed by atoms with Crippen LogP contribution in [0.25, 0.3) is 10.2 Å². The molecule has 1 aromatic heterocycles. The Morgan fingerprint density at radius 3 is 2.77 bits per heavy atom. The van der Waals surface area contributed by atoms with Crippen LogP contribution in [0, 0.1) is 10.1 Å². The van der Waals surface area contributed by atoms with Crippen molar-refractivity contribution in [1.29, 1.82) is 0 Å². The van der Waals surface area contributed by atoms with Crippen LogP contribution in [0.5, 0.6) is 11.5 Å².